The van der Waals surface area contributed by atoms with Gasteiger partial charge in [-0.3, -0.25) is 9.10 Å². The van der Waals surface area contributed by atoms with Gasteiger partial charge in [0.15, 0.2) is 0 Å². The summed E-state index contributed by atoms with van der Waals surface area (Å²) < 4.78 is 27.8. The van der Waals surface area contributed by atoms with Gasteiger partial charge in [-0.25, -0.2) is 8.42 Å². The maximum Gasteiger partial charge on any atom is 0.273 e. The van der Waals surface area contributed by atoms with E-state index >= 15 is 0 Å². The Kier molecular flexibility index (Phi) is 5.57. The van der Waals surface area contributed by atoms with Crippen molar-refractivity contribution in [2.24, 2.45) is 0 Å². The molecule has 0 radical (unpaired) electrons. The zero-order valence-electron chi connectivity index (χ0n) is 15.1. The van der Waals surface area contributed by atoms with E-state index in [1.54, 1.807) is 41.8 Å². The van der Waals surface area contributed by atoms with Gasteiger partial charge in [0, 0.05) is 17.3 Å². The van der Waals surface area contributed by atoms with E-state index in [9.17, 15) is 13.2 Å². The molecule has 1 aliphatic heterocycles. The van der Waals surface area contributed by atoms with Crippen LogP contribution in [0.2, 0.25) is 10.0 Å². The first-order valence-electron chi connectivity index (χ1n) is 8.82. The third-order valence-corrected chi connectivity index (χ3v) is 8.37. The summed E-state index contributed by atoms with van der Waals surface area (Å²) in [5.74, 6) is -0.393. The SMILES string of the molecule is O=C(Nc1ccc2c(c1)N(S(=O)(=O)c1cccs1)CCC2)c1ccc(Cl)cc1Cl. The summed E-state index contributed by atoms with van der Waals surface area (Å²) in [7, 11) is -3.64. The molecule has 0 aliphatic carbocycles. The molecule has 0 saturated heterocycles. The lowest BCUT2D eigenvalue weighted by atomic mass is 10.0. The molecule has 2 heterocycles. The van der Waals surface area contributed by atoms with Crippen LogP contribution in [0.15, 0.2) is 58.1 Å². The topological polar surface area (TPSA) is 66.5 Å². The molecule has 0 unspecified atom stereocenters. The van der Waals surface area contributed by atoms with Crippen LogP contribution in [0.25, 0.3) is 0 Å². The molecule has 1 amide bonds. The highest BCUT2D eigenvalue weighted by atomic mass is 35.5. The monoisotopic (exact) mass is 466 g/mol. The summed E-state index contributed by atoms with van der Waals surface area (Å²) in [6.07, 6.45) is 1.52. The molecule has 0 saturated carbocycles. The highest BCUT2D eigenvalue weighted by molar-refractivity contribution is 7.94. The van der Waals surface area contributed by atoms with Crippen LogP contribution in [0.4, 0.5) is 11.4 Å². The van der Waals surface area contributed by atoms with Gasteiger partial charge in [0.2, 0.25) is 0 Å². The van der Waals surface area contributed by atoms with Crippen molar-refractivity contribution in [1.82, 2.24) is 0 Å². The summed E-state index contributed by atoms with van der Waals surface area (Å²) in [5, 5.41) is 5.22. The molecular formula is C20H16Cl2N2O3S2. The summed E-state index contributed by atoms with van der Waals surface area (Å²) in [5.41, 5.74) is 2.30. The van der Waals surface area contributed by atoms with Gasteiger partial charge in [-0.05, 0) is 60.2 Å². The third kappa shape index (κ3) is 4.00. The number of halogens is 2. The number of nitrogens with zero attached hydrogens (tertiary/aromatic N) is 1. The van der Waals surface area contributed by atoms with Gasteiger partial charge in [-0.1, -0.05) is 35.3 Å². The number of anilines is 2. The van der Waals surface area contributed by atoms with E-state index in [4.69, 9.17) is 23.2 Å². The van der Waals surface area contributed by atoms with Crippen LogP contribution in [0.1, 0.15) is 22.3 Å². The fourth-order valence-corrected chi connectivity index (χ4v) is 6.39. The first-order valence-corrected chi connectivity index (χ1v) is 11.9. The number of hydrogen-bond donors (Lipinski definition) is 1. The number of fused-ring (bicyclic) bond motifs is 1. The van der Waals surface area contributed by atoms with Crippen LogP contribution in [-0.4, -0.2) is 20.9 Å². The van der Waals surface area contributed by atoms with Gasteiger partial charge in [0.1, 0.15) is 4.21 Å². The Balaban J connectivity index is 1.66. The minimum Gasteiger partial charge on any atom is -0.322 e. The lowest BCUT2D eigenvalue weighted by Crippen LogP contribution is -2.35. The Morgan fingerprint density at radius 2 is 1.93 bits per heavy atom. The van der Waals surface area contributed by atoms with Crippen molar-refractivity contribution < 1.29 is 13.2 Å². The molecule has 1 aromatic heterocycles. The molecule has 2 aromatic carbocycles. The molecular weight excluding hydrogens is 451 g/mol. The van der Waals surface area contributed by atoms with E-state index in [1.165, 1.54) is 21.7 Å². The lowest BCUT2D eigenvalue weighted by Gasteiger charge is -2.30. The summed E-state index contributed by atoms with van der Waals surface area (Å²) in [6, 6.07) is 13.3. The maximum atomic E-state index is 13.1. The first kappa shape index (κ1) is 20.2. The van der Waals surface area contributed by atoms with Gasteiger partial charge in [-0.15, -0.1) is 11.3 Å². The van der Waals surface area contributed by atoms with Crippen molar-refractivity contribution in [1.29, 1.82) is 0 Å². The molecule has 0 atom stereocenters. The van der Waals surface area contributed by atoms with Crippen LogP contribution < -0.4 is 9.62 Å². The van der Waals surface area contributed by atoms with E-state index < -0.39 is 15.9 Å². The molecule has 1 N–H and O–H groups in total. The molecule has 3 aromatic rings. The van der Waals surface area contributed by atoms with E-state index in [2.05, 4.69) is 5.32 Å². The Bertz CT molecular complexity index is 1180. The van der Waals surface area contributed by atoms with Crippen LogP contribution in [0.5, 0.6) is 0 Å². The zero-order chi connectivity index (χ0) is 20.6. The van der Waals surface area contributed by atoms with Crippen LogP contribution in [0, 0.1) is 0 Å². The second-order valence-electron chi connectivity index (χ2n) is 6.53. The predicted octanol–water partition coefficient (Wildman–Crippen LogP) is 5.45. The van der Waals surface area contributed by atoms with E-state index in [0.717, 1.165) is 18.4 Å². The summed E-state index contributed by atoms with van der Waals surface area (Å²) >= 11 is 13.2. The molecule has 0 bridgehead atoms. The molecule has 9 heteroatoms. The fraction of sp³-hybridized carbons (Fsp3) is 0.150. The summed E-state index contributed by atoms with van der Waals surface area (Å²) in [4.78, 5) is 12.6. The number of amides is 1. The standard InChI is InChI=1S/C20H16Cl2N2O3S2/c21-14-6-8-16(17(22)11-14)20(25)23-15-7-5-13-3-1-9-24(18(13)12-15)29(26,27)19-4-2-10-28-19/h2,4-8,10-12H,1,3,9H2,(H,23,25). The Morgan fingerprint density at radius 1 is 1.10 bits per heavy atom. The van der Waals surface area contributed by atoms with Crippen molar-refractivity contribution in [3.8, 4) is 0 Å². The quantitative estimate of drug-likeness (QED) is 0.555. The number of benzene rings is 2. The molecule has 4 rings (SSSR count). The minimum atomic E-state index is -3.64. The average Bonchev–Trinajstić information content (AvgIpc) is 3.23. The van der Waals surface area contributed by atoms with Crippen LogP contribution in [-0.2, 0) is 16.4 Å². The molecule has 1 aliphatic rings. The fourth-order valence-electron chi connectivity index (χ4n) is 3.26. The number of carbonyl (C=O) groups is 1. The van der Waals surface area contributed by atoms with E-state index in [-0.39, 0.29) is 10.6 Å². The number of rotatable bonds is 4. The normalized spacial score (nSPS) is 13.8. The first-order chi connectivity index (χ1) is 13.9. The average molecular weight is 467 g/mol. The highest BCUT2D eigenvalue weighted by Gasteiger charge is 2.30. The van der Waals surface area contributed by atoms with Gasteiger partial charge >= 0.3 is 0 Å². The third-order valence-electron chi connectivity index (χ3n) is 4.63. The van der Waals surface area contributed by atoms with Crippen molar-refractivity contribution in [3.63, 3.8) is 0 Å². The molecule has 150 valence electrons. The maximum absolute atomic E-state index is 13.1. The lowest BCUT2D eigenvalue weighted by molar-refractivity contribution is 0.102. The second-order valence-corrected chi connectivity index (χ2v) is 10.4. The number of hydrogen-bond acceptors (Lipinski definition) is 4. The van der Waals surface area contributed by atoms with Gasteiger partial charge < -0.3 is 5.32 Å². The zero-order valence-corrected chi connectivity index (χ0v) is 18.2. The number of aryl methyl sites for hydroxylation is 1. The van der Waals surface area contributed by atoms with Crippen molar-refractivity contribution in [2.45, 2.75) is 17.1 Å². The second kappa shape index (κ2) is 7.99. The van der Waals surface area contributed by atoms with Crippen molar-refractivity contribution in [3.05, 3.63) is 75.1 Å². The smallest absolute Gasteiger partial charge is 0.273 e. The minimum absolute atomic E-state index is 0.245. The Labute approximate surface area is 182 Å². The van der Waals surface area contributed by atoms with Gasteiger partial charge in [0.25, 0.3) is 15.9 Å². The number of nitrogens with one attached hydrogen (secondary N) is 1. The molecule has 0 fully saturated rings. The van der Waals surface area contributed by atoms with Gasteiger partial charge in [0.05, 0.1) is 16.3 Å². The van der Waals surface area contributed by atoms with Gasteiger partial charge in [-0.2, -0.15) is 0 Å². The summed E-state index contributed by atoms with van der Waals surface area (Å²) in [6.45, 7) is 0.396. The largest absolute Gasteiger partial charge is 0.322 e. The number of thiophene rings is 1. The molecule has 0 spiro atoms. The number of carbonyl (C=O) groups excluding carboxylic acids is 1. The Hall–Kier alpha value is -2.06. The highest BCUT2D eigenvalue weighted by Crippen LogP contribution is 2.35. The molecule has 5 nitrogen and oxygen atoms in total. The van der Waals surface area contributed by atoms with Crippen LogP contribution in [0.3, 0.4) is 0 Å². The molecule has 29 heavy (non-hydrogen) atoms. The number of sulfonamides is 1. The predicted molar refractivity (Wildman–Crippen MR) is 118 cm³/mol. The van der Waals surface area contributed by atoms with E-state index in [1.807, 2.05) is 6.07 Å². The van der Waals surface area contributed by atoms with Crippen LogP contribution >= 0.6 is 34.5 Å². The Morgan fingerprint density at radius 3 is 2.66 bits per heavy atom. The van der Waals surface area contributed by atoms with Crippen molar-refractivity contribution >= 4 is 61.8 Å². The van der Waals surface area contributed by atoms with Crippen molar-refractivity contribution in [2.75, 3.05) is 16.2 Å². The van der Waals surface area contributed by atoms with E-state index in [0.29, 0.717) is 27.2 Å².